The molecule has 0 unspecified atom stereocenters. The number of rotatable bonds is 3. The zero-order chi connectivity index (χ0) is 14.8. The van der Waals surface area contributed by atoms with Gasteiger partial charge in [0.05, 0.1) is 10.1 Å². The Labute approximate surface area is 114 Å². The second-order valence-corrected chi connectivity index (χ2v) is 6.75. The van der Waals surface area contributed by atoms with Crippen molar-refractivity contribution in [3.63, 3.8) is 0 Å². The Morgan fingerprint density at radius 3 is 2.45 bits per heavy atom. The topological polar surface area (TPSA) is 55.4 Å². The third-order valence-corrected chi connectivity index (χ3v) is 5.35. The van der Waals surface area contributed by atoms with Crippen molar-refractivity contribution < 1.29 is 26.3 Å². The lowest BCUT2D eigenvalue weighted by molar-refractivity contribution is -0.274. The highest BCUT2D eigenvalue weighted by Gasteiger charge is 2.33. The van der Waals surface area contributed by atoms with Crippen LogP contribution in [0.15, 0.2) is 29.2 Å². The first kappa shape index (κ1) is 15.1. The lowest BCUT2D eigenvalue weighted by Crippen LogP contribution is -2.35. The van der Waals surface area contributed by atoms with E-state index in [-0.39, 0.29) is 4.90 Å². The van der Waals surface area contributed by atoms with Crippen molar-refractivity contribution >= 4 is 9.84 Å². The summed E-state index contributed by atoms with van der Waals surface area (Å²) in [6, 6.07) is 4.54. The Hall–Kier alpha value is -1.28. The van der Waals surface area contributed by atoms with Crippen molar-refractivity contribution in [2.75, 3.05) is 13.1 Å². The summed E-state index contributed by atoms with van der Waals surface area (Å²) in [5.74, 6) is -0.521. The fraction of sp³-hybridized carbons (Fsp3) is 0.500. The van der Waals surface area contributed by atoms with Gasteiger partial charge in [0.15, 0.2) is 9.84 Å². The van der Waals surface area contributed by atoms with Gasteiger partial charge in [-0.2, -0.15) is 0 Å². The van der Waals surface area contributed by atoms with Crippen molar-refractivity contribution in [2.45, 2.75) is 29.3 Å². The number of nitrogens with one attached hydrogen (secondary N) is 1. The molecule has 1 saturated heterocycles. The minimum Gasteiger partial charge on any atom is -0.406 e. The zero-order valence-electron chi connectivity index (χ0n) is 10.5. The van der Waals surface area contributed by atoms with Gasteiger partial charge in [-0.15, -0.1) is 13.2 Å². The largest absolute Gasteiger partial charge is 0.573 e. The van der Waals surface area contributed by atoms with Gasteiger partial charge in [-0.1, -0.05) is 6.07 Å². The number of sulfone groups is 1. The van der Waals surface area contributed by atoms with Crippen LogP contribution in [0.2, 0.25) is 0 Å². The molecule has 1 N–H and O–H groups in total. The third kappa shape index (κ3) is 3.63. The second kappa shape index (κ2) is 5.61. The van der Waals surface area contributed by atoms with Gasteiger partial charge in [0, 0.05) is 0 Å². The van der Waals surface area contributed by atoms with E-state index in [4.69, 9.17) is 0 Å². The molecule has 0 aromatic heterocycles. The fourth-order valence-electron chi connectivity index (χ4n) is 2.15. The molecule has 1 aliphatic heterocycles. The quantitative estimate of drug-likeness (QED) is 0.929. The number of halogens is 3. The van der Waals surface area contributed by atoms with Gasteiger partial charge in [0.1, 0.15) is 5.75 Å². The average Bonchev–Trinajstić information content (AvgIpc) is 2.38. The molecule has 0 atom stereocenters. The minimum atomic E-state index is -4.84. The first-order valence-corrected chi connectivity index (χ1v) is 7.64. The summed E-state index contributed by atoms with van der Waals surface area (Å²) in [5.41, 5.74) is 0. The lowest BCUT2D eigenvalue weighted by atomic mass is 10.2. The van der Waals surface area contributed by atoms with Crippen LogP contribution in [0.25, 0.3) is 0 Å². The Morgan fingerprint density at radius 2 is 1.85 bits per heavy atom. The van der Waals surface area contributed by atoms with E-state index in [1.54, 1.807) is 0 Å². The Balaban J connectivity index is 2.25. The summed E-state index contributed by atoms with van der Waals surface area (Å²) in [6.45, 7) is 1.17. The molecule has 0 radical (unpaired) electrons. The van der Waals surface area contributed by atoms with Crippen LogP contribution in [0.5, 0.6) is 5.75 Å². The normalized spacial score (nSPS) is 17.9. The number of alkyl halides is 3. The molecule has 0 spiro atoms. The fourth-order valence-corrected chi connectivity index (χ4v) is 3.94. The van der Waals surface area contributed by atoms with Gasteiger partial charge < -0.3 is 10.1 Å². The molecule has 1 heterocycles. The van der Waals surface area contributed by atoms with Gasteiger partial charge in [-0.3, -0.25) is 0 Å². The van der Waals surface area contributed by atoms with Crippen molar-refractivity contribution in [1.82, 2.24) is 5.32 Å². The molecule has 20 heavy (non-hydrogen) atoms. The molecule has 1 aliphatic rings. The van der Waals surface area contributed by atoms with Crippen LogP contribution in [-0.2, 0) is 9.84 Å². The van der Waals surface area contributed by atoms with E-state index in [2.05, 4.69) is 10.1 Å². The monoisotopic (exact) mass is 309 g/mol. The van der Waals surface area contributed by atoms with Crippen LogP contribution in [0, 0.1) is 0 Å². The number of hydrogen-bond donors (Lipinski definition) is 1. The van der Waals surface area contributed by atoms with E-state index < -0.39 is 27.2 Å². The van der Waals surface area contributed by atoms with E-state index in [1.165, 1.54) is 12.1 Å². The molecule has 0 aliphatic carbocycles. The van der Waals surface area contributed by atoms with Gasteiger partial charge in [0.2, 0.25) is 0 Å². The molecule has 8 heteroatoms. The van der Waals surface area contributed by atoms with Gasteiger partial charge in [-0.25, -0.2) is 8.42 Å². The van der Waals surface area contributed by atoms with Crippen LogP contribution in [0.3, 0.4) is 0 Å². The summed E-state index contributed by atoms with van der Waals surface area (Å²) in [5, 5.41) is 2.48. The van der Waals surface area contributed by atoms with Crippen LogP contribution in [0.1, 0.15) is 12.8 Å². The third-order valence-electron chi connectivity index (χ3n) is 3.09. The Bertz CT molecular complexity index is 566. The molecule has 1 aromatic rings. The first-order chi connectivity index (χ1) is 9.29. The molecule has 0 bridgehead atoms. The van der Waals surface area contributed by atoms with E-state index in [0.717, 1.165) is 12.1 Å². The lowest BCUT2D eigenvalue weighted by Gasteiger charge is -2.22. The average molecular weight is 309 g/mol. The standard InChI is InChI=1S/C12H14F3NO3S/c13-12(14,15)19-9-2-1-3-11(8-9)20(17,18)10-4-6-16-7-5-10/h1-3,8,10,16H,4-7H2. The Kier molecular flexibility index (Phi) is 4.24. The van der Waals surface area contributed by atoms with Crippen LogP contribution >= 0.6 is 0 Å². The summed E-state index contributed by atoms with van der Waals surface area (Å²) in [4.78, 5) is -0.133. The molecule has 1 aromatic carbocycles. The summed E-state index contributed by atoms with van der Waals surface area (Å²) < 4.78 is 64.9. The SMILES string of the molecule is O=S(=O)(c1cccc(OC(F)(F)F)c1)C1CCNCC1. The zero-order valence-corrected chi connectivity index (χ0v) is 11.3. The first-order valence-electron chi connectivity index (χ1n) is 6.09. The maximum absolute atomic E-state index is 12.3. The van der Waals surface area contributed by atoms with Gasteiger partial charge in [0.25, 0.3) is 0 Å². The molecule has 112 valence electrons. The smallest absolute Gasteiger partial charge is 0.406 e. The van der Waals surface area contributed by atoms with E-state index in [9.17, 15) is 21.6 Å². The molecular weight excluding hydrogens is 295 g/mol. The summed E-state index contributed by atoms with van der Waals surface area (Å²) >= 11 is 0. The molecule has 0 saturated carbocycles. The number of piperidine rings is 1. The van der Waals surface area contributed by atoms with E-state index in [0.29, 0.717) is 25.9 Å². The molecule has 2 rings (SSSR count). The molecule has 4 nitrogen and oxygen atoms in total. The number of ether oxygens (including phenoxy) is 1. The number of benzene rings is 1. The highest BCUT2D eigenvalue weighted by atomic mass is 32.2. The summed E-state index contributed by atoms with van der Waals surface area (Å²) in [7, 11) is -3.63. The minimum absolute atomic E-state index is 0.133. The maximum atomic E-state index is 12.3. The maximum Gasteiger partial charge on any atom is 0.573 e. The highest BCUT2D eigenvalue weighted by molar-refractivity contribution is 7.92. The van der Waals surface area contributed by atoms with Crippen LogP contribution in [-0.4, -0.2) is 33.1 Å². The van der Waals surface area contributed by atoms with Crippen molar-refractivity contribution in [2.24, 2.45) is 0 Å². The van der Waals surface area contributed by atoms with Gasteiger partial charge in [-0.05, 0) is 44.1 Å². The predicted octanol–water partition coefficient (Wildman–Crippen LogP) is 2.11. The van der Waals surface area contributed by atoms with E-state index in [1.807, 2.05) is 0 Å². The second-order valence-electron chi connectivity index (χ2n) is 4.52. The highest BCUT2D eigenvalue weighted by Crippen LogP contribution is 2.28. The summed E-state index contributed by atoms with van der Waals surface area (Å²) in [6.07, 6.45) is -3.93. The predicted molar refractivity (Wildman–Crippen MR) is 66.2 cm³/mol. The van der Waals surface area contributed by atoms with Crippen molar-refractivity contribution in [3.05, 3.63) is 24.3 Å². The van der Waals surface area contributed by atoms with Crippen LogP contribution < -0.4 is 10.1 Å². The number of hydrogen-bond acceptors (Lipinski definition) is 4. The van der Waals surface area contributed by atoms with Crippen molar-refractivity contribution in [3.8, 4) is 5.75 Å². The molecule has 0 amide bonds. The van der Waals surface area contributed by atoms with Gasteiger partial charge >= 0.3 is 6.36 Å². The molecular formula is C12H14F3NO3S. The Morgan fingerprint density at radius 1 is 1.20 bits per heavy atom. The van der Waals surface area contributed by atoms with Crippen molar-refractivity contribution in [1.29, 1.82) is 0 Å². The van der Waals surface area contributed by atoms with Crippen LogP contribution in [0.4, 0.5) is 13.2 Å². The molecule has 1 fully saturated rings. The van der Waals surface area contributed by atoms with E-state index >= 15 is 0 Å².